The Hall–Kier alpha value is -1.21. The van der Waals surface area contributed by atoms with E-state index in [0.717, 1.165) is 38.4 Å². The summed E-state index contributed by atoms with van der Waals surface area (Å²) in [5, 5.41) is 10.6. The summed E-state index contributed by atoms with van der Waals surface area (Å²) in [6, 6.07) is 0.588. The van der Waals surface area contributed by atoms with E-state index in [1.807, 2.05) is 0 Å². The van der Waals surface area contributed by atoms with Gasteiger partial charge in [-0.15, -0.1) is 0 Å². The monoisotopic (exact) mass is 301 g/mol. The molecule has 0 saturated carbocycles. The molecule has 0 aromatic carbocycles. The molecule has 22 heavy (non-hydrogen) atoms. The SMILES string of the molecule is O=C1OC2=C(C3NCC4OC43)CC(C3NCC4=C3CNC4)C12. The molecule has 0 aromatic rings. The lowest BCUT2D eigenvalue weighted by Crippen LogP contribution is -2.45. The Morgan fingerprint density at radius 2 is 2.00 bits per heavy atom. The molecule has 6 aliphatic rings. The molecule has 6 rings (SSSR count). The average Bonchev–Trinajstić information content (AvgIpc) is 2.92. The molecule has 6 nitrogen and oxygen atoms in total. The molecule has 116 valence electrons. The van der Waals surface area contributed by atoms with Gasteiger partial charge in [0.05, 0.1) is 12.1 Å². The van der Waals surface area contributed by atoms with Crippen LogP contribution >= 0.6 is 0 Å². The third-order valence-electron chi connectivity index (χ3n) is 6.26. The van der Waals surface area contributed by atoms with Crippen LogP contribution in [0.25, 0.3) is 0 Å². The highest BCUT2D eigenvalue weighted by molar-refractivity contribution is 5.85. The fourth-order valence-corrected chi connectivity index (χ4v) is 5.14. The molecular weight excluding hydrogens is 282 g/mol. The van der Waals surface area contributed by atoms with Crippen LogP contribution in [0.2, 0.25) is 0 Å². The maximum absolute atomic E-state index is 12.1. The van der Waals surface area contributed by atoms with Crippen molar-refractivity contribution in [2.24, 2.45) is 11.8 Å². The van der Waals surface area contributed by atoms with Gasteiger partial charge in [-0.3, -0.25) is 4.79 Å². The van der Waals surface area contributed by atoms with Crippen molar-refractivity contribution in [1.29, 1.82) is 0 Å². The van der Waals surface area contributed by atoms with Gasteiger partial charge in [-0.25, -0.2) is 0 Å². The van der Waals surface area contributed by atoms with Crippen molar-refractivity contribution in [3.63, 3.8) is 0 Å². The lowest BCUT2D eigenvalue weighted by molar-refractivity contribution is -0.159. The molecule has 6 atom stereocenters. The third kappa shape index (κ3) is 1.42. The van der Waals surface area contributed by atoms with E-state index in [-0.39, 0.29) is 17.9 Å². The number of morpholine rings is 1. The number of hydrogen-bond acceptors (Lipinski definition) is 6. The molecule has 5 aliphatic heterocycles. The zero-order valence-electron chi connectivity index (χ0n) is 12.2. The second-order valence-electron chi connectivity index (χ2n) is 7.27. The summed E-state index contributed by atoms with van der Waals surface area (Å²) >= 11 is 0. The van der Waals surface area contributed by atoms with E-state index in [1.54, 1.807) is 0 Å². The quantitative estimate of drug-likeness (QED) is 0.347. The molecule has 1 aliphatic carbocycles. The van der Waals surface area contributed by atoms with Crippen molar-refractivity contribution in [3.05, 3.63) is 22.5 Å². The van der Waals surface area contributed by atoms with Crippen LogP contribution in [0, 0.1) is 11.8 Å². The predicted molar refractivity (Wildman–Crippen MR) is 76.9 cm³/mol. The largest absolute Gasteiger partial charge is 0.430 e. The fourth-order valence-electron chi connectivity index (χ4n) is 5.14. The second kappa shape index (κ2) is 4.00. The molecule has 0 aromatic heterocycles. The maximum Gasteiger partial charge on any atom is 0.322 e. The standard InChI is InChI=1S/C16H19N3O3/c20-16-11-7(12-9-4-17-2-6(9)3-18-12)1-8(14(11)22-16)13-15-10(21-15)5-19-13/h7,10-13,15,17-19H,1-5H2. The smallest absolute Gasteiger partial charge is 0.322 e. The summed E-state index contributed by atoms with van der Waals surface area (Å²) in [6.07, 6.45) is 1.63. The van der Waals surface area contributed by atoms with Gasteiger partial charge in [0.25, 0.3) is 0 Å². The molecular formula is C16H19N3O3. The van der Waals surface area contributed by atoms with E-state index in [1.165, 1.54) is 16.7 Å². The van der Waals surface area contributed by atoms with Gasteiger partial charge < -0.3 is 25.4 Å². The van der Waals surface area contributed by atoms with E-state index < -0.39 is 0 Å². The molecule has 0 radical (unpaired) electrons. The van der Waals surface area contributed by atoms with Gasteiger partial charge >= 0.3 is 5.97 Å². The van der Waals surface area contributed by atoms with Crippen LogP contribution in [0.4, 0.5) is 0 Å². The van der Waals surface area contributed by atoms with Gasteiger partial charge in [-0.1, -0.05) is 0 Å². The van der Waals surface area contributed by atoms with Crippen molar-refractivity contribution in [3.8, 4) is 0 Å². The molecule has 6 unspecified atom stereocenters. The van der Waals surface area contributed by atoms with Crippen molar-refractivity contribution < 1.29 is 14.3 Å². The van der Waals surface area contributed by atoms with Crippen LogP contribution in [0.1, 0.15) is 6.42 Å². The molecule has 0 amide bonds. The molecule has 3 fully saturated rings. The first kappa shape index (κ1) is 12.2. The van der Waals surface area contributed by atoms with E-state index >= 15 is 0 Å². The Labute approximate surface area is 128 Å². The molecule has 3 saturated heterocycles. The average molecular weight is 301 g/mol. The number of ether oxygens (including phenoxy) is 2. The summed E-state index contributed by atoms with van der Waals surface area (Å²) in [7, 11) is 0. The number of carbonyl (C=O) groups is 1. The normalized spacial score (nSPS) is 48.3. The van der Waals surface area contributed by atoms with E-state index in [0.29, 0.717) is 24.2 Å². The van der Waals surface area contributed by atoms with Gasteiger partial charge in [0.1, 0.15) is 17.8 Å². The van der Waals surface area contributed by atoms with Crippen LogP contribution in [-0.4, -0.2) is 56.4 Å². The molecule has 5 heterocycles. The van der Waals surface area contributed by atoms with Gasteiger partial charge in [0.2, 0.25) is 0 Å². The van der Waals surface area contributed by atoms with Crippen molar-refractivity contribution in [2.45, 2.75) is 30.7 Å². The van der Waals surface area contributed by atoms with E-state index in [4.69, 9.17) is 9.47 Å². The van der Waals surface area contributed by atoms with Crippen LogP contribution in [0.3, 0.4) is 0 Å². The first-order chi connectivity index (χ1) is 10.8. The molecule has 0 bridgehead atoms. The Balaban J connectivity index is 1.32. The Bertz CT molecular complexity index is 655. The van der Waals surface area contributed by atoms with Crippen LogP contribution in [0.15, 0.2) is 22.5 Å². The second-order valence-corrected chi connectivity index (χ2v) is 7.27. The summed E-state index contributed by atoms with van der Waals surface area (Å²) in [5.41, 5.74) is 4.28. The third-order valence-corrected chi connectivity index (χ3v) is 6.26. The summed E-state index contributed by atoms with van der Waals surface area (Å²) in [6.45, 7) is 3.85. The minimum absolute atomic E-state index is 0.0282. The van der Waals surface area contributed by atoms with Gasteiger partial charge in [-0.05, 0) is 23.1 Å². The fraction of sp³-hybridized carbons (Fsp3) is 0.688. The number of fused-ring (bicyclic) bond motifs is 2. The number of carbonyl (C=O) groups excluding carboxylic acids is 1. The Morgan fingerprint density at radius 1 is 1.05 bits per heavy atom. The summed E-state index contributed by atoms with van der Waals surface area (Å²) < 4.78 is 11.1. The molecule has 0 spiro atoms. The first-order valence-electron chi connectivity index (χ1n) is 8.29. The highest BCUT2D eigenvalue weighted by Crippen LogP contribution is 2.52. The van der Waals surface area contributed by atoms with Crippen molar-refractivity contribution in [2.75, 3.05) is 26.2 Å². The van der Waals surface area contributed by atoms with E-state index in [9.17, 15) is 4.79 Å². The predicted octanol–water partition coefficient (Wildman–Crippen LogP) is -0.956. The van der Waals surface area contributed by atoms with Crippen LogP contribution in [0.5, 0.6) is 0 Å². The Kier molecular flexibility index (Phi) is 2.23. The van der Waals surface area contributed by atoms with Crippen molar-refractivity contribution in [1.82, 2.24) is 16.0 Å². The Morgan fingerprint density at radius 3 is 2.77 bits per heavy atom. The van der Waals surface area contributed by atoms with Gasteiger partial charge in [0, 0.05) is 38.1 Å². The topological polar surface area (TPSA) is 74.9 Å². The lowest BCUT2D eigenvalue weighted by atomic mass is 9.82. The number of hydrogen-bond donors (Lipinski definition) is 3. The maximum atomic E-state index is 12.1. The van der Waals surface area contributed by atoms with Crippen molar-refractivity contribution >= 4 is 5.97 Å². The van der Waals surface area contributed by atoms with E-state index in [2.05, 4.69) is 16.0 Å². The van der Waals surface area contributed by atoms with Crippen LogP contribution in [-0.2, 0) is 14.3 Å². The van der Waals surface area contributed by atoms with Gasteiger partial charge in [-0.2, -0.15) is 0 Å². The number of nitrogens with one attached hydrogen (secondary N) is 3. The zero-order chi connectivity index (χ0) is 14.4. The molecule has 3 N–H and O–H groups in total. The summed E-state index contributed by atoms with van der Waals surface area (Å²) in [4.78, 5) is 12.1. The zero-order valence-corrected chi connectivity index (χ0v) is 12.2. The highest BCUT2D eigenvalue weighted by Gasteiger charge is 2.59. The van der Waals surface area contributed by atoms with Gasteiger partial charge in [0.15, 0.2) is 0 Å². The lowest BCUT2D eigenvalue weighted by Gasteiger charge is -2.33. The number of esters is 1. The minimum atomic E-state index is -0.0388. The summed E-state index contributed by atoms with van der Waals surface area (Å²) in [5.74, 6) is 1.20. The number of epoxide rings is 1. The highest BCUT2D eigenvalue weighted by atomic mass is 16.6. The number of rotatable bonds is 2. The first-order valence-corrected chi connectivity index (χ1v) is 8.29. The molecule has 6 heteroatoms. The van der Waals surface area contributed by atoms with Crippen LogP contribution < -0.4 is 16.0 Å². The minimum Gasteiger partial charge on any atom is -0.430 e.